The lowest BCUT2D eigenvalue weighted by Crippen LogP contribution is -2.50. The van der Waals surface area contributed by atoms with E-state index in [-0.39, 0.29) is 5.89 Å². The number of fused-ring (bicyclic) bond motifs is 1. The number of aromatic amines is 1. The number of rotatable bonds is 3. The molecular weight excluding hydrogens is 392 g/mol. The summed E-state index contributed by atoms with van der Waals surface area (Å²) in [6, 6.07) is 5.78. The number of hydrogen-bond acceptors (Lipinski definition) is 5. The minimum atomic E-state index is -0.841. The van der Waals surface area contributed by atoms with Crippen molar-refractivity contribution in [1.29, 1.82) is 0 Å². The van der Waals surface area contributed by atoms with Crippen LogP contribution in [-0.2, 0) is 10.3 Å². The second kappa shape index (κ2) is 7.80. The smallest absolute Gasteiger partial charge is 0.434 e. The van der Waals surface area contributed by atoms with Crippen molar-refractivity contribution in [1.82, 2.24) is 10.2 Å². The van der Waals surface area contributed by atoms with Gasteiger partial charge in [0, 0.05) is 10.6 Å². The van der Waals surface area contributed by atoms with Crippen molar-refractivity contribution in [2.75, 3.05) is 0 Å². The minimum Gasteiger partial charge on any atom is -0.455 e. The molecule has 6 nitrogen and oxygen atoms in total. The van der Waals surface area contributed by atoms with Gasteiger partial charge in [-0.3, -0.25) is 0 Å². The molecule has 1 aliphatic heterocycles. The molecule has 2 heterocycles. The Balaban J connectivity index is 1.66. The summed E-state index contributed by atoms with van der Waals surface area (Å²) in [5, 5.41) is 7.03. The van der Waals surface area contributed by atoms with Crippen molar-refractivity contribution in [2.24, 2.45) is 11.8 Å². The monoisotopic (exact) mass is 418 g/mol. The average molecular weight is 419 g/mol. The number of aromatic nitrogens is 2. The summed E-state index contributed by atoms with van der Waals surface area (Å²) < 4.78 is 18.2. The van der Waals surface area contributed by atoms with Crippen molar-refractivity contribution < 1.29 is 13.9 Å². The molecule has 2 saturated carbocycles. The normalized spacial score (nSPS) is 25.3. The van der Waals surface area contributed by atoms with Gasteiger partial charge >= 0.3 is 5.76 Å². The zero-order chi connectivity index (χ0) is 19.8. The lowest BCUT2D eigenvalue weighted by molar-refractivity contribution is -0.260. The van der Waals surface area contributed by atoms with Crippen molar-refractivity contribution >= 4 is 11.6 Å². The van der Waals surface area contributed by atoms with Gasteiger partial charge in [0.2, 0.25) is 0 Å². The quantitative estimate of drug-likeness (QED) is 0.714. The molecule has 29 heavy (non-hydrogen) atoms. The fraction of sp³-hybridized carbons (Fsp3) is 0.636. The molecule has 1 aromatic carbocycles. The van der Waals surface area contributed by atoms with Gasteiger partial charge in [-0.2, -0.15) is 0 Å². The van der Waals surface area contributed by atoms with Crippen molar-refractivity contribution in [2.45, 2.75) is 76.1 Å². The number of hydrogen-bond donors (Lipinski definition) is 1. The van der Waals surface area contributed by atoms with Crippen LogP contribution in [0.1, 0.15) is 82.0 Å². The number of H-pyrrole nitrogens is 1. The van der Waals surface area contributed by atoms with Gasteiger partial charge in [0.15, 0.2) is 0 Å². The lowest BCUT2D eigenvalue weighted by atomic mass is 9.63. The van der Waals surface area contributed by atoms with Gasteiger partial charge < -0.3 is 13.9 Å². The third-order valence-electron chi connectivity index (χ3n) is 6.98. The Kier molecular flexibility index (Phi) is 5.16. The molecule has 3 aliphatic rings. The first-order valence-electron chi connectivity index (χ1n) is 10.9. The highest BCUT2D eigenvalue weighted by molar-refractivity contribution is 6.30. The number of halogens is 1. The maximum Gasteiger partial charge on any atom is 0.434 e. The number of nitrogens with zero attached hydrogens (tertiary/aromatic N) is 1. The molecule has 2 aromatic rings. The zero-order valence-electron chi connectivity index (χ0n) is 16.5. The number of ether oxygens (including phenoxy) is 2. The molecule has 2 aliphatic carbocycles. The molecular formula is C22H27ClN2O4. The summed E-state index contributed by atoms with van der Waals surface area (Å²) in [5.74, 6) is 1.07. The number of benzene rings is 1. The van der Waals surface area contributed by atoms with E-state index in [1.54, 1.807) is 0 Å². The van der Waals surface area contributed by atoms with Crippen LogP contribution < -0.4 is 10.5 Å². The average Bonchev–Trinajstić information content (AvgIpc) is 3.21. The third kappa shape index (κ3) is 3.40. The summed E-state index contributed by atoms with van der Waals surface area (Å²) in [7, 11) is 0. The Morgan fingerprint density at radius 3 is 2.24 bits per heavy atom. The van der Waals surface area contributed by atoms with Gasteiger partial charge in [-0.15, -0.1) is 5.10 Å². The standard InChI is InChI=1S/C22H27ClN2O4/c23-16-11-12-18-17(13-16)22(14-7-3-1-4-8-14,15-9-5-2-6-10-15)29-20(27-18)19-24-25-21(26)28-19/h11-15,20H,1-10H2,(H,25,26). The molecule has 5 rings (SSSR count). The molecule has 0 bridgehead atoms. The first-order chi connectivity index (χ1) is 14.2. The van der Waals surface area contributed by atoms with Gasteiger partial charge in [0.25, 0.3) is 12.2 Å². The zero-order valence-corrected chi connectivity index (χ0v) is 17.2. The van der Waals surface area contributed by atoms with E-state index >= 15 is 0 Å². The summed E-state index contributed by atoms with van der Waals surface area (Å²) in [5.41, 5.74) is 0.555. The lowest BCUT2D eigenvalue weighted by Gasteiger charge is -2.52. The minimum absolute atomic E-state index is 0.145. The highest BCUT2D eigenvalue weighted by Crippen LogP contribution is 2.58. The molecule has 2 fully saturated rings. The fourth-order valence-corrected chi connectivity index (χ4v) is 5.93. The molecule has 7 heteroatoms. The molecule has 0 radical (unpaired) electrons. The van der Waals surface area contributed by atoms with E-state index < -0.39 is 17.6 Å². The van der Waals surface area contributed by atoms with Crippen LogP contribution in [0.4, 0.5) is 0 Å². The van der Waals surface area contributed by atoms with E-state index in [1.807, 2.05) is 18.2 Å². The van der Waals surface area contributed by atoms with Crippen LogP contribution in [0.2, 0.25) is 5.02 Å². The van der Waals surface area contributed by atoms with Crippen molar-refractivity contribution in [3.8, 4) is 5.75 Å². The van der Waals surface area contributed by atoms with Crippen LogP contribution in [0.25, 0.3) is 0 Å². The molecule has 0 amide bonds. The van der Waals surface area contributed by atoms with Crippen LogP contribution in [-0.4, -0.2) is 10.2 Å². The van der Waals surface area contributed by atoms with Crippen LogP contribution in [0.15, 0.2) is 27.4 Å². The van der Waals surface area contributed by atoms with Gasteiger partial charge in [-0.25, -0.2) is 9.89 Å². The van der Waals surface area contributed by atoms with Crippen LogP contribution in [0, 0.1) is 11.8 Å². The first kappa shape index (κ1) is 19.2. The van der Waals surface area contributed by atoms with Gasteiger partial charge in [-0.05, 0) is 55.7 Å². The predicted molar refractivity (Wildman–Crippen MR) is 108 cm³/mol. The van der Waals surface area contributed by atoms with Crippen molar-refractivity contribution in [3.05, 3.63) is 45.2 Å². The molecule has 1 N–H and O–H groups in total. The highest BCUT2D eigenvalue weighted by atomic mass is 35.5. The SMILES string of the molecule is O=c1[nH]nc(C2Oc3ccc(Cl)cc3C(C3CCCCC3)(C3CCCCC3)O2)o1. The molecule has 1 unspecified atom stereocenters. The molecule has 1 aromatic heterocycles. The van der Waals surface area contributed by atoms with Gasteiger partial charge in [0.05, 0.1) is 0 Å². The molecule has 0 saturated heterocycles. The fourth-order valence-electron chi connectivity index (χ4n) is 5.76. The Labute approximate surface area is 174 Å². The Bertz CT molecular complexity index is 894. The number of nitrogens with one attached hydrogen (secondary N) is 1. The Morgan fingerprint density at radius 1 is 1.00 bits per heavy atom. The van der Waals surface area contributed by atoms with E-state index in [9.17, 15) is 4.79 Å². The maximum atomic E-state index is 11.6. The molecule has 0 spiro atoms. The first-order valence-corrected chi connectivity index (χ1v) is 11.2. The molecule has 1 atom stereocenters. The van der Waals surface area contributed by atoms with Crippen LogP contribution in [0.5, 0.6) is 5.75 Å². The van der Waals surface area contributed by atoms with E-state index in [2.05, 4.69) is 10.2 Å². The highest BCUT2D eigenvalue weighted by Gasteiger charge is 2.54. The second-order valence-electron chi connectivity index (χ2n) is 8.62. The predicted octanol–water partition coefficient (Wildman–Crippen LogP) is 5.48. The summed E-state index contributed by atoms with van der Waals surface area (Å²) in [4.78, 5) is 11.6. The summed E-state index contributed by atoms with van der Waals surface area (Å²) >= 11 is 6.45. The van der Waals surface area contributed by atoms with Crippen LogP contribution in [0.3, 0.4) is 0 Å². The Hall–Kier alpha value is -1.79. The second-order valence-corrected chi connectivity index (χ2v) is 9.06. The van der Waals surface area contributed by atoms with Crippen LogP contribution >= 0.6 is 11.6 Å². The van der Waals surface area contributed by atoms with E-state index in [0.29, 0.717) is 16.9 Å². The van der Waals surface area contributed by atoms with Gasteiger partial charge in [-0.1, -0.05) is 50.1 Å². The van der Waals surface area contributed by atoms with E-state index in [1.165, 1.54) is 38.5 Å². The van der Waals surface area contributed by atoms with E-state index in [0.717, 1.165) is 37.0 Å². The van der Waals surface area contributed by atoms with E-state index in [4.69, 9.17) is 25.5 Å². The molecule has 156 valence electrons. The van der Waals surface area contributed by atoms with Crippen molar-refractivity contribution in [3.63, 3.8) is 0 Å². The van der Waals surface area contributed by atoms with Gasteiger partial charge in [0.1, 0.15) is 11.4 Å². The Morgan fingerprint density at radius 2 is 1.66 bits per heavy atom. The maximum absolute atomic E-state index is 11.6. The summed E-state index contributed by atoms with van der Waals surface area (Å²) in [6.07, 6.45) is 11.0. The topological polar surface area (TPSA) is 77.4 Å². The summed E-state index contributed by atoms with van der Waals surface area (Å²) in [6.45, 7) is 0. The third-order valence-corrected chi connectivity index (χ3v) is 7.21. The largest absolute Gasteiger partial charge is 0.455 e.